The van der Waals surface area contributed by atoms with E-state index < -0.39 is 0 Å². The number of thioether (sulfide) groups is 1. The lowest BCUT2D eigenvalue weighted by Crippen LogP contribution is -2.40. The first kappa shape index (κ1) is 20.7. The Morgan fingerprint density at radius 2 is 1.93 bits per heavy atom. The molecule has 2 heterocycles. The van der Waals surface area contributed by atoms with E-state index in [1.54, 1.807) is 4.57 Å². The number of benzene rings is 2. The maximum absolute atomic E-state index is 13.4. The molecule has 1 aromatic heterocycles. The van der Waals surface area contributed by atoms with Crippen molar-refractivity contribution in [2.45, 2.75) is 63.0 Å². The van der Waals surface area contributed by atoms with Gasteiger partial charge in [-0.15, -0.1) is 0 Å². The molecule has 0 bridgehead atoms. The molecule has 0 N–H and O–H groups in total. The van der Waals surface area contributed by atoms with Crippen LogP contribution in [0.3, 0.4) is 0 Å². The first-order valence-corrected chi connectivity index (χ1v) is 11.5. The molecule has 2 atom stereocenters. The summed E-state index contributed by atoms with van der Waals surface area (Å²) in [7, 11) is 0. The van der Waals surface area contributed by atoms with Gasteiger partial charge in [0.15, 0.2) is 5.16 Å². The second-order valence-electron chi connectivity index (χ2n) is 7.87. The number of hydrogen-bond donors (Lipinski definition) is 0. The lowest BCUT2D eigenvalue weighted by Gasteiger charge is -2.26. The number of amides is 1. The Kier molecular flexibility index (Phi) is 5.95. The Labute approximate surface area is 181 Å². The van der Waals surface area contributed by atoms with Crippen molar-refractivity contribution in [3.8, 4) is 0 Å². The third-order valence-corrected chi connectivity index (χ3v) is 6.71. The Morgan fingerprint density at radius 1 is 1.20 bits per heavy atom. The quantitative estimate of drug-likeness (QED) is 0.429. The summed E-state index contributed by atoms with van der Waals surface area (Å²) >= 11 is 1.38. The van der Waals surface area contributed by atoms with Crippen LogP contribution in [0.15, 0.2) is 58.5 Å². The Bertz CT molecular complexity index is 1140. The summed E-state index contributed by atoms with van der Waals surface area (Å²) in [5.74, 6) is 0.0573. The smallest absolute Gasteiger partial charge is 0.262 e. The molecule has 5 nitrogen and oxygen atoms in total. The maximum atomic E-state index is 13.4. The highest BCUT2D eigenvalue weighted by Crippen LogP contribution is 2.34. The van der Waals surface area contributed by atoms with Crippen LogP contribution in [0, 0.1) is 0 Å². The van der Waals surface area contributed by atoms with Crippen LogP contribution >= 0.6 is 11.8 Å². The summed E-state index contributed by atoms with van der Waals surface area (Å²) in [5, 5.41) is 0.895. The molecule has 0 unspecified atom stereocenters. The van der Waals surface area contributed by atoms with Gasteiger partial charge in [0, 0.05) is 18.3 Å². The third kappa shape index (κ3) is 3.76. The van der Waals surface area contributed by atoms with Crippen LogP contribution in [0.1, 0.15) is 39.2 Å². The second-order valence-corrected chi connectivity index (χ2v) is 9.18. The molecule has 0 saturated heterocycles. The monoisotopic (exact) mass is 421 g/mol. The Morgan fingerprint density at radius 3 is 2.73 bits per heavy atom. The molecule has 0 aliphatic carbocycles. The van der Waals surface area contributed by atoms with E-state index in [9.17, 15) is 9.59 Å². The van der Waals surface area contributed by atoms with E-state index in [-0.39, 0.29) is 22.8 Å². The Balaban J connectivity index is 1.66. The lowest BCUT2D eigenvalue weighted by molar-refractivity contribution is -0.118. The van der Waals surface area contributed by atoms with Crippen LogP contribution in [0.4, 0.5) is 5.69 Å². The first-order valence-electron chi connectivity index (χ1n) is 10.6. The number of nitrogens with zero attached hydrogens (tertiary/aromatic N) is 3. The zero-order chi connectivity index (χ0) is 21.3. The zero-order valence-corrected chi connectivity index (χ0v) is 18.5. The molecular formula is C24H27N3O2S. The number of rotatable bonds is 6. The Hall–Kier alpha value is -2.60. The summed E-state index contributed by atoms with van der Waals surface area (Å²) in [6.45, 7) is 6.71. The highest BCUT2D eigenvalue weighted by Gasteiger charge is 2.34. The highest BCUT2D eigenvalue weighted by atomic mass is 32.2. The predicted molar refractivity (Wildman–Crippen MR) is 123 cm³/mol. The summed E-state index contributed by atoms with van der Waals surface area (Å²) < 4.78 is 1.74. The predicted octanol–water partition coefficient (Wildman–Crippen LogP) is 4.66. The van der Waals surface area contributed by atoms with Gasteiger partial charge in [-0.1, -0.05) is 55.4 Å². The molecule has 0 saturated carbocycles. The molecule has 3 aromatic rings. The molecule has 0 fully saturated rings. The van der Waals surface area contributed by atoms with Gasteiger partial charge in [-0.05, 0) is 50.5 Å². The first-order chi connectivity index (χ1) is 14.5. The number of aromatic nitrogens is 2. The van der Waals surface area contributed by atoms with Crippen molar-refractivity contribution in [2.75, 3.05) is 4.90 Å². The molecule has 6 heteroatoms. The van der Waals surface area contributed by atoms with Crippen molar-refractivity contribution >= 4 is 34.3 Å². The number of carbonyl (C=O) groups excluding carboxylic acids is 1. The molecule has 0 radical (unpaired) electrons. The van der Waals surface area contributed by atoms with E-state index in [1.807, 2.05) is 54.3 Å². The van der Waals surface area contributed by atoms with Crippen molar-refractivity contribution in [1.82, 2.24) is 9.55 Å². The lowest BCUT2D eigenvalue weighted by atomic mass is 10.1. The summed E-state index contributed by atoms with van der Waals surface area (Å²) in [5.41, 5.74) is 2.85. The molecule has 30 heavy (non-hydrogen) atoms. The van der Waals surface area contributed by atoms with Gasteiger partial charge in [-0.25, -0.2) is 4.98 Å². The minimum Gasteiger partial charge on any atom is -0.308 e. The topological polar surface area (TPSA) is 55.2 Å². The van der Waals surface area contributed by atoms with Crippen LogP contribution in [-0.4, -0.2) is 26.8 Å². The molecule has 156 valence electrons. The van der Waals surface area contributed by atoms with Crippen molar-refractivity contribution in [3.05, 3.63) is 64.4 Å². The van der Waals surface area contributed by atoms with Crippen LogP contribution in [0.25, 0.3) is 10.9 Å². The number of anilines is 1. The van der Waals surface area contributed by atoms with Crippen LogP contribution in [-0.2, 0) is 17.8 Å². The minimum atomic E-state index is -0.348. The number of unbranched alkanes of at least 4 members (excludes halogenated alkanes) is 1. The van der Waals surface area contributed by atoms with Gasteiger partial charge in [0.05, 0.1) is 16.2 Å². The summed E-state index contributed by atoms with van der Waals surface area (Å²) in [4.78, 5) is 33.1. The zero-order valence-electron chi connectivity index (χ0n) is 17.7. The molecule has 1 aliphatic rings. The largest absolute Gasteiger partial charge is 0.308 e. The van der Waals surface area contributed by atoms with E-state index in [0.29, 0.717) is 22.6 Å². The summed E-state index contributed by atoms with van der Waals surface area (Å²) in [6, 6.07) is 15.6. The number of fused-ring (bicyclic) bond motifs is 2. The SMILES string of the molecule is CCCCn1c(S[C@H](C)C(=O)N2c3ccccc3C[C@@H]2C)nc2ccccc2c1=O. The number of para-hydroxylation sites is 2. The molecule has 1 amide bonds. The van der Waals surface area contributed by atoms with Crippen LogP contribution < -0.4 is 10.5 Å². The van der Waals surface area contributed by atoms with Gasteiger partial charge in [-0.3, -0.25) is 14.2 Å². The normalized spacial score (nSPS) is 16.6. The molecule has 0 spiro atoms. The molecular weight excluding hydrogens is 394 g/mol. The van der Waals surface area contributed by atoms with Gasteiger partial charge in [0.2, 0.25) is 5.91 Å². The van der Waals surface area contributed by atoms with Gasteiger partial charge >= 0.3 is 0 Å². The van der Waals surface area contributed by atoms with E-state index in [4.69, 9.17) is 4.98 Å². The minimum absolute atomic E-state index is 0.0314. The van der Waals surface area contributed by atoms with E-state index in [2.05, 4.69) is 19.9 Å². The fourth-order valence-electron chi connectivity index (χ4n) is 4.06. The standard InChI is InChI=1S/C24H27N3O2S/c1-4-5-14-26-23(29)19-11-7-8-12-20(19)25-24(26)30-17(3)22(28)27-16(2)15-18-10-6-9-13-21(18)27/h6-13,16-17H,4-5,14-15H2,1-3H3/t16-,17+/m0/s1. The molecule has 4 rings (SSSR count). The fraction of sp³-hybridized carbons (Fsp3) is 0.375. The fourth-order valence-corrected chi connectivity index (χ4v) is 5.04. The van der Waals surface area contributed by atoms with Gasteiger partial charge in [-0.2, -0.15) is 0 Å². The van der Waals surface area contributed by atoms with Gasteiger partial charge in [0.1, 0.15) is 0 Å². The second kappa shape index (κ2) is 8.64. The van der Waals surface area contributed by atoms with Crippen LogP contribution in [0.2, 0.25) is 0 Å². The van der Waals surface area contributed by atoms with E-state index in [0.717, 1.165) is 24.9 Å². The highest BCUT2D eigenvalue weighted by molar-refractivity contribution is 8.00. The van der Waals surface area contributed by atoms with Gasteiger partial charge in [0.25, 0.3) is 5.56 Å². The third-order valence-electron chi connectivity index (χ3n) is 5.64. The average Bonchev–Trinajstić information content (AvgIpc) is 3.08. The van der Waals surface area contributed by atoms with Crippen LogP contribution in [0.5, 0.6) is 0 Å². The number of carbonyl (C=O) groups is 1. The van der Waals surface area contributed by atoms with E-state index in [1.165, 1.54) is 17.3 Å². The molecule has 2 aromatic carbocycles. The van der Waals surface area contributed by atoms with Crippen molar-refractivity contribution in [1.29, 1.82) is 0 Å². The van der Waals surface area contributed by atoms with Crippen molar-refractivity contribution < 1.29 is 4.79 Å². The average molecular weight is 422 g/mol. The summed E-state index contributed by atoms with van der Waals surface area (Å²) in [6.07, 6.45) is 2.75. The molecule has 1 aliphatic heterocycles. The van der Waals surface area contributed by atoms with Crippen molar-refractivity contribution in [3.63, 3.8) is 0 Å². The van der Waals surface area contributed by atoms with Gasteiger partial charge < -0.3 is 4.90 Å². The van der Waals surface area contributed by atoms with Crippen molar-refractivity contribution in [2.24, 2.45) is 0 Å². The van der Waals surface area contributed by atoms with E-state index >= 15 is 0 Å². The maximum Gasteiger partial charge on any atom is 0.262 e. The number of hydrogen-bond acceptors (Lipinski definition) is 4.